The molecule has 194 valence electrons. The van der Waals surface area contributed by atoms with Crippen molar-refractivity contribution < 1.29 is 33.8 Å². The van der Waals surface area contributed by atoms with Crippen LogP contribution in [0.1, 0.15) is 22.3 Å². The second-order valence-corrected chi connectivity index (χ2v) is 8.46. The monoisotopic (exact) mass is 509 g/mol. The Morgan fingerprint density at radius 3 is 2.22 bits per heavy atom. The third-order valence-electron chi connectivity index (χ3n) is 5.82. The molecule has 0 bridgehead atoms. The molecule has 0 saturated carbocycles. The smallest absolute Gasteiger partial charge is 0.340 e. The van der Waals surface area contributed by atoms with Crippen molar-refractivity contribution in [2.24, 2.45) is 0 Å². The fourth-order valence-electron chi connectivity index (χ4n) is 3.72. The minimum atomic E-state index is -1.21. The lowest BCUT2D eigenvalue weighted by molar-refractivity contribution is -0.141. The van der Waals surface area contributed by atoms with Crippen LogP contribution in [-0.2, 0) is 32.0 Å². The average molecular weight is 510 g/mol. The summed E-state index contributed by atoms with van der Waals surface area (Å²) in [6.07, 6.45) is -0.258. The number of aryl methyl sites for hydroxylation is 2. The number of carboxylic acid groups (broad SMARTS) is 1. The van der Waals surface area contributed by atoms with Crippen LogP contribution in [0.5, 0.6) is 5.75 Å². The summed E-state index contributed by atoms with van der Waals surface area (Å²) in [6.45, 7) is 2.33. The van der Waals surface area contributed by atoms with E-state index >= 15 is 0 Å². The van der Waals surface area contributed by atoms with Gasteiger partial charge in [-0.1, -0.05) is 30.3 Å². The highest BCUT2D eigenvalue weighted by atomic mass is 16.4. The first-order valence-corrected chi connectivity index (χ1v) is 11.4. The first kappa shape index (κ1) is 26.9. The van der Waals surface area contributed by atoms with Crippen molar-refractivity contribution in [2.45, 2.75) is 32.7 Å². The quantitative estimate of drug-likeness (QED) is 0.248. The summed E-state index contributed by atoms with van der Waals surface area (Å²) < 4.78 is 5.30. The van der Waals surface area contributed by atoms with Crippen molar-refractivity contribution in [3.63, 3.8) is 0 Å². The van der Waals surface area contributed by atoms with E-state index in [9.17, 15) is 34.2 Å². The zero-order chi connectivity index (χ0) is 27.1. The summed E-state index contributed by atoms with van der Waals surface area (Å²) >= 11 is 0. The summed E-state index contributed by atoms with van der Waals surface area (Å²) in [5.74, 6) is -3.22. The minimum absolute atomic E-state index is 0.0186. The number of phenols is 1. The van der Waals surface area contributed by atoms with Crippen LogP contribution in [0.25, 0.3) is 11.0 Å². The third kappa shape index (κ3) is 6.94. The Balaban J connectivity index is 1.50. The molecule has 0 saturated heterocycles. The van der Waals surface area contributed by atoms with Crippen LogP contribution in [0.2, 0.25) is 0 Å². The van der Waals surface area contributed by atoms with Gasteiger partial charge in [0.05, 0.1) is 25.1 Å². The summed E-state index contributed by atoms with van der Waals surface area (Å²) in [5, 5.41) is 26.8. The number of hydrogen-bond donors (Lipinski definition) is 5. The number of amides is 3. The first-order chi connectivity index (χ1) is 17.6. The second-order valence-electron chi connectivity index (χ2n) is 8.46. The van der Waals surface area contributed by atoms with Crippen LogP contribution in [0.4, 0.5) is 0 Å². The van der Waals surface area contributed by atoms with Gasteiger partial charge in [0.1, 0.15) is 17.4 Å². The molecule has 0 unspecified atom stereocenters. The van der Waals surface area contributed by atoms with Gasteiger partial charge in [-0.25, -0.2) is 9.59 Å². The van der Waals surface area contributed by atoms with Gasteiger partial charge in [-0.15, -0.1) is 0 Å². The maximum absolute atomic E-state index is 12.4. The van der Waals surface area contributed by atoms with E-state index in [0.29, 0.717) is 16.5 Å². The summed E-state index contributed by atoms with van der Waals surface area (Å²) in [5.41, 5.74) is 1.29. The molecule has 0 radical (unpaired) electrons. The highest BCUT2D eigenvalue weighted by molar-refractivity contribution is 5.91. The maximum Gasteiger partial charge on any atom is 0.340 e. The zero-order valence-corrected chi connectivity index (χ0v) is 20.3. The van der Waals surface area contributed by atoms with Crippen LogP contribution >= 0.6 is 0 Å². The molecule has 2 aromatic carbocycles. The van der Waals surface area contributed by atoms with Crippen molar-refractivity contribution in [1.29, 1.82) is 0 Å². The molecule has 0 aliphatic carbocycles. The molecule has 3 amide bonds. The number of nitrogens with one attached hydrogen (secondary N) is 3. The van der Waals surface area contributed by atoms with Gasteiger partial charge in [-0.3, -0.25) is 14.4 Å². The Labute approximate surface area is 211 Å². The van der Waals surface area contributed by atoms with E-state index in [4.69, 9.17) is 4.42 Å². The van der Waals surface area contributed by atoms with E-state index in [1.165, 1.54) is 6.07 Å². The lowest BCUT2D eigenvalue weighted by atomic mass is 10.0. The SMILES string of the molecule is Cc1c(CC(=O)NCC(=O)NCC(=O)N[C@@H](Cc2ccccc2)C(=O)O)c(=O)oc2c(C)c(O)ccc12. The van der Waals surface area contributed by atoms with E-state index < -0.39 is 48.4 Å². The highest BCUT2D eigenvalue weighted by Crippen LogP contribution is 2.28. The summed E-state index contributed by atoms with van der Waals surface area (Å²) in [7, 11) is 0. The number of hydrogen-bond acceptors (Lipinski definition) is 7. The van der Waals surface area contributed by atoms with Crippen molar-refractivity contribution in [2.75, 3.05) is 13.1 Å². The number of carboxylic acids is 1. The lowest BCUT2D eigenvalue weighted by Crippen LogP contribution is -2.47. The number of aromatic hydroxyl groups is 1. The van der Waals surface area contributed by atoms with Gasteiger partial charge in [0, 0.05) is 17.4 Å². The number of benzene rings is 2. The van der Waals surface area contributed by atoms with E-state index in [0.717, 1.165) is 5.56 Å². The number of phenolic OH excluding ortho intramolecular Hbond substituents is 1. The normalized spacial score (nSPS) is 11.5. The summed E-state index contributed by atoms with van der Waals surface area (Å²) in [6, 6.07) is 10.7. The molecule has 3 aromatic rings. The molecule has 1 aromatic heterocycles. The number of carbonyl (C=O) groups excluding carboxylic acids is 3. The number of rotatable bonds is 10. The molecule has 11 nitrogen and oxygen atoms in total. The number of carbonyl (C=O) groups is 4. The molecule has 0 aliphatic rings. The fraction of sp³-hybridized carbons (Fsp3) is 0.269. The van der Waals surface area contributed by atoms with Gasteiger partial charge >= 0.3 is 11.6 Å². The fourth-order valence-corrected chi connectivity index (χ4v) is 3.72. The molecular formula is C26H27N3O8. The van der Waals surface area contributed by atoms with Crippen molar-refractivity contribution >= 4 is 34.7 Å². The Morgan fingerprint density at radius 1 is 0.892 bits per heavy atom. The number of fused-ring (bicyclic) bond motifs is 1. The van der Waals surface area contributed by atoms with Gasteiger partial charge in [0.2, 0.25) is 17.7 Å². The molecule has 11 heteroatoms. The molecule has 0 aliphatic heterocycles. The highest BCUT2D eigenvalue weighted by Gasteiger charge is 2.21. The molecule has 1 heterocycles. The first-order valence-electron chi connectivity index (χ1n) is 11.4. The zero-order valence-electron chi connectivity index (χ0n) is 20.3. The third-order valence-corrected chi connectivity index (χ3v) is 5.82. The largest absolute Gasteiger partial charge is 0.508 e. The van der Waals surface area contributed by atoms with Gasteiger partial charge in [0.15, 0.2) is 0 Å². The van der Waals surface area contributed by atoms with Gasteiger partial charge in [-0.2, -0.15) is 0 Å². The molecule has 5 N–H and O–H groups in total. The molecule has 0 spiro atoms. The predicted octanol–water partition coefficient (Wildman–Crippen LogP) is 0.702. The lowest BCUT2D eigenvalue weighted by Gasteiger charge is -2.15. The van der Waals surface area contributed by atoms with Crippen LogP contribution in [0, 0.1) is 13.8 Å². The van der Waals surface area contributed by atoms with Gasteiger partial charge in [0.25, 0.3) is 0 Å². The van der Waals surface area contributed by atoms with Crippen LogP contribution in [0.3, 0.4) is 0 Å². The molecule has 3 rings (SSSR count). The summed E-state index contributed by atoms with van der Waals surface area (Å²) in [4.78, 5) is 60.4. The Hall–Kier alpha value is -4.67. The molecule has 1 atom stereocenters. The molecule has 37 heavy (non-hydrogen) atoms. The standard InChI is InChI=1S/C26H27N3O8/c1-14-17-8-9-20(30)15(2)24(17)37-26(36)18(14)11-21(31)27-12-22(32)28-13-23(33)29-19(25(34)35)10-16-6-4-3-5-7-16/h3-9,19,30H,10-13H2,1-2H3,(H,27,31)(H,28,32)(H,29,33)(H,34,35)/t19-/m0/s1. The topological polar surface area (TPSA) is 175 Å². The van der Waals surface area contributed by atoms with Crippen LogP contribution < -0.4 is 21.6 Å². The van der Waals surface area contributed by atoms with Crippen LogP contribution in [0.15, 0.2) is 51.7 Å². The van der Waals surface area contributed by atoms with E-state index in [1.807, 2.05) is 0 Å². The Kier molecular flexibility index (Phi) is 8.62. The maximum atomic E-state index is 12.4. The van der Waals surface area contributed by atoms with E-state index in [-0.39, 0.29) is 29.7 Å². The van der Waals surface area contributed by atoms with Crippen molar-refractivity contribution in [1.82, 2.24) is 16.0 Å². The van der Waals surface area contributed by atoms with Gasteiger partial charge < -0.3 is 30.6 Å². The van der Waals surface area contributed by atoms with Crippen LogP contribution in [-0.4, -0.2) is 53.0 Å². The van der Waals surface area contributed by atoms with E-state index in [2.05, 4.69) is 16.0 Å². The predicted molar refractivity (Wildman–Crippen MR) is 133 cm³/mol. The number of aliphatic carboxylic acids is 1. The van der Waals surface area contributed by atoms with Crippen molar-refractivity contribution in [3.8, 4) is 5.75 Å². The minimum Gasteiger partial charge on any atom is -0.508 e. The van der Waals surface area contributed by atoms with E-state index in [1.54, 1.807) is 50.2 Å². The Bertz CT molecular complexity index is 1400. The average Bonchev–Trinajstić information content (AvgIpc) is 2.86. The second kappa shape index (κ2) is 11.8. The molecular weight excluding hydrogens is 482 g/mol. The van der Waals surface area contributed by atoms with Gasteiger partial charge in [-0.05, 0) is 37.1 Å². The van der Waals surface area contributed by atoms with Crippen molar-refractivity contribution in [3.05, 3.63) is 75.1 Å². The molecule has 0 fully saturated rings. The Morgan fingerprint density at radius 2 is 1.54 bits per heavy atom.